The molecule has 0 amide bonds. The topological polar surface area (TPSA) is 95.4 Å². The Bertz CT molecular complexity index is 850. The fourth-order valence-electron chi connectivity index (χ4n) is 2.90. The van der Waals surface area contributed by atoms with E-state index in [9.17, 15) is 17.9 Å². The van der Waals surface area contributed by atoms with Gasteiger partial charge in [0.15, 0.2) is 0 Å². The van der Waals surface area contributed by atoms with Crippen LogP contribution in [0.2, 0.25) is 0 Å². The molecule has 0 spiro atoms. The number of hydrogen-bond donors (Lipinski definition) is 2. The van der Waals surface area contributed by atoms with Gasteiger partial charge in [-0.05, 0) is 37.1 Å². The average Bonchev–Trinajstić information content (AvgIpc) is 2.57. The number of hydrogen-bond acceptors (Lipinski definition) is 6. The molecular formula is C16H19FN4O3S. The lowest BCUT2D eigenvalue weighted by atomic mass is 9.86. The summed E-state index contributed by atoms with van der Waals surface area (Å²) in [6.07, 6.45) is 4.51. The Balaban J connectivity index is 1.84. The Hall–Kier alpha value is -2.10. The van der Waals surface area contributed by atoms with E-state index in [2.05, 4.69) is 15.3 Å². The van der Waals surface area contributed by atoms with Crippen molar-refractivity contribution in [1.82, 2.24) is 14.3 Å². The van der Waals surface area contributed by atoms with Crippen LogP contribution in [0.4, 0.5) is 15.9 Å². The number of nitrogens with one attached hydrogen (secondary N) is 1. The molecule has 7 nitrogen and oxygen atoms in total. The summed E-state index contributed by atoms with van der Waals surface area (Å²) in [7, 11) is -3.28. The molecule has 9 heteroatoms. The highest BCUT2D eigenvalue weighted by molar-refractivity contribution is 7.88. The summed E-state index contributed by atoms with van der Waals surface area (Å²) in [4.78, 5) is 8.16. The molecule has 0 bridgehead atoms. The Kier molecular flexibility index (Phi) is 4.72. The summed E-state index contributed by atoms with van der Waals surface area (Å²) in [5.41, 5.74) is -0.115. The number of aromatic nitrogens is 2. The van der Waals surface area contributed by atoms with Crippen LogP contribution in [0.15, 0.2) is 36.8 Å². The largest absolute Gasteiger partial charge is 0.385 e. The summed E-state index contributed by atoms with van der Waals surface area (Å²) >= 11 is 0. The molecule has 1 aliphatic heterocycles. The Morgan fingerprint density at radius 3 is 2.48 bits per heavy atom. The maximum Gasteiger partial charge on any atom is 0.211 e. The van der Waals surface area contributed by atoms with Crippen LogP contribution >= 0.6 is 0 Å². The quantitative estimate of drug-likeness (QED) is 0.853. The number of halogens is 1. The van der Waals surface area contributed by atoms with Gasteiger partial charge in [0.1, 0.15) is 18.0 Å². The van der Waals surface area contributed by atoms with Gasteiger partial charge >= 0.3 is 0 Å². The first-order valence-electron chi connectivity index (χ1n) is 7.78. The van der Waals surface area contributed by atoms with Gasteiger partial charge in [-0.3, -0.25) is 0 Å². The van der Waals surface area contributed by atoms with Gasteiger partial charge in [-0.2, -0.15) is 0 Å². The van der Waals surface area contributed by atoms with Crippen LogP contribution < -0.4 is 5.32 Å². The summed E-state index contributed by atoms with van der Waals surface area (Å²) in [5, 5.41) is 14.1. The van der Waals surface area contributed by atoms with Gasteiger partial charge < -0.3 is 10.4 Å². The van der Waals surface area contributed by atoms with E-state index < -0.39 is 15.6 Å². The van der Waals surface area contributed by atoms with Crippen LogP contribution in [0.3, 0.4) is 0 Å². The second-order valence-electron chi connectivity index (χ2n) is 6.11. The third kappa shape index (κ3) is 3.94. The molecule has 0 atom stereocenters. The molecular weight excluding hydrogens is 347 g/mol. The molecule has 2 aromatic rings. The minimum atomic E-state index is -3.28. The van der Waals surface area contributed by atoms with E-state index in [0.29, 0.717) is 17.1 Å². The Labute approximate surface area is 145 Å². The molecule has 0 radical (unpaired) electrons. The number of piperidine rings is 1. The molecule has 3 rings (SSSR count). The van der Waals surface area contributed by atoms with Crippen molar-refractivity contribution in [2.24, 2.45) is 0 Å². The summed E-state index contributed by atoms with van der Waals surface area (Å²) in [5.74, 6) is 0.0668. The number of anilines is 2. The fourth-order valence-corrected chi connectivity index (χ4v) is 3.74. The first kappa shape index (κ1) is 17.7. The van der Waals surface area contributed by atoms with Crippen molar-refractivity contribution in [2.45, 2.75) is 18.4 Å². The summed E-state index contributed by atoms with van der Waals surface area (Å²) < 4.78 is 37.7. The van der Waals surface area contributed by atoms with E-state index in [1.54, 1.807) is 12.1 Å². The second-order valence-corrected chi connectivity index (χ2v) is 8.09. The average molecular weight is 366 g/mol. The van der Waals surface area contributed by atoms with E-state index in [-0.39, 0.29) is 31.7 Å². The molecule has 2 heterocycles. The molecule has 134 valence electrons. The smallest absolute Gasteiger partial charge is 0.211 e. The number of aliphatic hydroxyl groups is 1. The van der Waals surface area contributed by atoms with Gasteiger partial charge in [-0.15, -0.1) is 0 Å². The Morgan fingerprint density at radius 1 is 1.24 bits per heavy atom. The molecule has 0 aliphatic carbocycles. The lowest BCUT2D eigenvalue weighted by molar-refractivity contribution is -0.00936. The minimum Gasteiger partial charge on any atom is -0.385 e. The number of benzene rings is 1. The van der Waals surface area contributed by atoms with Crippen molar-refractivity contribution in [3.8, 4) is 0 Å². The molecule has 1 fully saturated rings. The maximum atomic E-state index is 13.0. The van der Waals surface area contributed by atoms with Gasteiger partial charge in [0, 0.05) is 30.5 Å². The molecule has 0 unspecified atom stereocenters. The van der Waals surface area contributed by atoms with Crippen molar-refractivity contribution in [3.05, 3.63) is 48.2 Å². The van der Waals surface area contributed by atoms with Crippen LogP contribution in [-0.2, 0) is 15.6 Å². The van der Waals surface area contributed by atoms with Gasteiger partial charge in [-0.25, -0.2) is 27.1 Å². The van der Waals surface area contributed by atoms with Gasteiger partial charge in [0.25, 0.3) is 0 Å². The highest BCUT2D eigenvalue weighted by Gasteiger charge is 2.38. The molecule has 25 heavy (non-hydrogen) atoms. The monoisotopic (exact) mass is 366 g/mol. The van der Waals surface area contributed by atoms with E-state index >= 15 is 0 Å². The third-order valence-corrected chi connectivity index (χ3v) is 5.64. The van der Waals surface area contributed by atoms with Crippen LogP contribution in [-0.4, -0.2) is 47.1 Å². The zero-order valence-corrected chi connectivity index (χ0v) is 14.5. The third-order valence-electron chi connectivity index (χ3n) is 4.34. The fraction of sp³-hybridized carbons (Fsp3) is 0.375. The lowest BCUT2D eigenvalue weighted by Crippen LogP contribution is -2.45. The molecule has 1 saturated heterocycles. The van der Waals surface area contributed by atoms with Crippen LogP contribution in [0.1, 0.15) is 18.4 Å². The van der Waals surface area contributed by atoms with Gasteiger partial charge in [0.2, 0.25) is 10.0 Å². The standard InChI is InChI=1S/C16H19FN4O3S/c1-25(23,24)21-8-6-16(22,7-9-21)14-10-18-11-19-15(14)20-13-4-2-12(17)3-5-13/h2-5,10-11,22H,6-9H2,1H3,(H,18,19,20). The number of rotatable bonds is 4. The molecule has 1 aromatic heterocycles. The SMILES string of the molecule is CS(=O)(=O)N1CCC(O)(c2cncnc2Nc2ccc(F)cc2)CC1. The summed E-state index contributed by atoms with van der Waals surface area (Å²) in [6.45, 7) is 0.445. The predicted octanol–water partition coefficient (Wildman–Crippen LogP) is 1.60. The van der Waals surface area contributed by atoms with E-state index in [1.807, 2.05) is 0 Å². The van der Waals surface area contributed by atoms with E-state index in [0.717, 1.165) is 6.26 Å². The predicted molar refractivity (Wildman–Crippen MR) is 91.3 cm³/mol. The van der Waals surface area contributed by atoms with Gasteiger partial charge in [-0.1, -0.05) is 0 Å². The zero-order chi connectivity index (χ0) is 18.1. The molecule has 2 N–H and O–H groups in total. The zero-order valence-electron chi connectivity index (χ0n) is 13.7. The van der Waals surface area contributed by atoms with Gasteiger partial charge in [0.05, 0.1) is 11.9 Å². The van der Waals surface area contributed by atoms with Crippen LogP contribution in [0.5, 0.6) is 0 Å². The minimum absolute atomic E-state index is 0.222. The highest BCUT2D eigenvalue weighted by atomic mass is 32.2. The van der Waals surface area contributed by atoms with E-state index in [1.165, 1.54) is 29.0 Å². The van der Waals surface area contributed by atoms with Crippen molar-refractivity contribution < 1.29 is 17.9 Å². The number of sulfonamides is 1. The van der Waals surface area contributed by atoms with Crippen molar-refractivity contribution in [1.29, 1.82) is 0 Å². The maximum absolute atomic E-state index is 13.0. The lowest BCUT2D eigenvalue weighted by Gasteiger charge is -2.37. The van der Waals surface area contributed by atoms with Crippen molar-refractivity contribution in [2.75, 3.05) is 24.7 Å². The second kappa shape index (κ2) is 6.66. The number of nitrogens with zero attached hydrogens (tertiary/aromatic N) is 3. The first-order chi connectivity index (χ1) is 11.8. The van der Waals surface area contributed by atoms with Crippen molar-refractivity contribution in [3.63, 3.8) is 0 Å². The first-order valence-corrected chi connectivity index (χ1v) is 9.63. The molecule has 1 aliphatic rings. The van der Waals surface area contributed by atoms with E-state index in [4.69, 9.17) is 0 Å². The molecule has 0 saturated carbocycles. The Morgan fingerprint density at radius 2 is 1.88 bits per heavy atom. The highest BCUT2D eigenvalue weighted by Crippen LogP contribution is 2.37. The summed E-state index contributed by atoms with van der Waals surface area (Å²) in [6, 6.07) is 5.78. The normalized spacial score (nSPS) is 18.0. The van der Waals surface area contributed by atoms with Crippen LogP contribution in [0.25, 0.3) is 0 Å². The van der Waals surface area contributed by atoms with Crippen LogP contribution in [0, 0.1) is 5.82 Å². The van der Waals surface area contributed by atoms with Crippen molar-refractivity contribution >= 4 is 21.5 Å². The molecule has 1 aromatic carbocycles.